The molecule has 2 aromatic carbocycles. The fourth-order valence-corrected chi connectivity index (χ4v) is 6.98. The van der Waals surface area contributed by atoms with Crippen LogP contribution in [0.25, 0.3) is 21.5 Å². The smallest absolute Gasteiger partial charge is 0.144 e. The van der Waals surface area contributed by atoms with Crippen LogP contribution in [0.3, 0.4) is 0 Å². The Balaban J connectivity index is 0.986. The summed E-state index contributed by atoms with van der Waals surface area (Å²) in [6.45, 7) is 4.01. The molecule has 2 unspecified atom stereocenters. The summed E-state index contributed by atoms with van der Waals surface area (Å²) in [5, 5.41) is 10.6. The number of rotatable bonds is 13. The highest BCUT2D eigenvalue weighted by Gasteiger charge is 2.28. The van der Waals surface area contributed by atoms with Crippen molar-refractivity contribution in [2.45, 2.75) is 44.6 Å². The lowest BCUT2D eigenvalue weighted by Crippen LogP contribution is -2.26. The number of thiophene rings is 1. The van der Waals surface area contributed by atoms with Gasteiger partial charge in [0.1, 0.15) is 17.8 Å². The number of nitrogens with zero attached hydrogens (tertiary/aromatic N) is 3. The van der Waals surface area contributed by atoms with Gasteiger partial charge >= 0.3 is 0 Å². The van der Waals surface area contributed by atoms with E-state index in [2.05, 4.69) is 68.2 Å². The third-order valence-corrected chi connectivity index (χ3v) is 9.23. The number of nitrogens with one attached hydrogen (secondary N) is 2. The molecule has 0 amide bonds. The van der Waals surface area contributed by atoms with Gasteiger partial charge in [0.2, 0.25) is 0 Å². The minimum atomic E-state index is -0.173. The normalized spacial score (nSPS) is 17.0. The average molecular weight is 568 g/mol. The second kappa shape index (κ2) is 13.5. The summed E-state index contributed by atoms with van der Waals surface area (Å²) in [5.41, 5.74) is 6.16. The van der Waals surface area contributed by atoms with Crippen molar-refractivity contribution in [3.63, 3.8) is 0 Å². The van der Waals surface area contributed by atoms with E-state index in [1.807, 2.05) is 29.7 Å². The van der Waals surface area contributed by atoms with Gasteiger partial charge in [0.25, 0.3) is 0 Å². The molecular weight excluding hydrogens is 529 g/mol. The van der Waals surface area contributed by atoms with Crippen molar-refractivity contribution in [1.82, 2.24) is 25.2 Å². The van der Waals surface area contributed by atoms with Crippen molar-refractivity contribution in [2.75, 3.05) is 26.2 Å². The molecule has 1 saturated carbocycles. The van der Waals surface area contributed by atoms with Gasteiger partial charge in [-0.15, -0.1) is 11.3 Å². The van der Waals surface area contributed by atoms with Gasteiger partial charge in [0, 0.05) is 34.3 Å². The molecule has 5 nitrogen and oxygen atoms in total. The summed E-state index contributed by atoms with van der Waals surface area (Å²) in [6, 6.07) is 20.3. The molecule has 1 fully saturated rings. The molecule has 0 spiro atoms. The first-order valence-corrected chi connectivity index (χ1v) is 15.7. The third kappa shape index (κ3) is 7.10. The molecule has 6 rings (SSSR count). The maximum absolute atomic E-state index is 13.0. The van der Waals surface area contributed by atoms with E-state index in [4.69, 9.17) is 4.98 Å². The molecule has 3 heterocycles. The highest BCUT2D eigenvalue weighted by atomic mass is 32.1. The minimum Gasteiger partial charge on any atom is -0.329 e. The topological polar surface area (TPSA) is 54.8 Å². The predicted molar refractivity (Wildman–Crippen MR) is 167 cm³/mol. The second-order valence-corrected chi connectivity index (χ2v) is 12.1. The Morgan fingerprint density at radius 3 is 2.66 bits per heavy atom. The fourth-order valence-electron chi connectivity index (χ4n) is 6.04. The lowest BCUT2D eigenvalue weighted by molar-refractivity contribution is 0.452. The zero-order chi connectivity index (χ0) is 27.9. The number of hydrogen-bond donors (Lipinski definition) is 2. The first-order chi connectivity index (χ1) is 20.2. The zero-order valence-electron chi connectivity index (χ0n) is 23.4. The van der Waals surface area contributed by atoms with Crippen LogP contribution in [0.15, 0.2) is 84.8 Å². The van der Waals surface area contributed by atoms with Gasteiger partial charge in [-0.1, -0.05) is 42.5 Å². The van der Waals surface area contributed by atoms with Crippen LogP contribution in [-0.2, 0) is 12.8 Å². The van der Waals surface area contributed by atoms with Crippen molar-refractivity contribution < 1.29 is 4.39 Å². The van der Waals surface area contributed by atoms with E-state index in [1.54, 1.807) is 6.33 Å². The summed E-state index contributed by atoms with van der Waals surface area (Å²) in [5.74, 6) is 0.516. The largest absolute Gasteiger partial charge is 0.329 e. The minimum absolute atomic E-state index is 0.173. The Hall–Kier alpha value is -3.39. The Labute approximate surface area is 245 Å². The first kappa shape index (κ1) is 27.8. The molecule has 0 bridgehead atoms. The maximum Gasteiger partial charge on any atom is 0.144 e. The zero-order valence-corrected chi connectivity index (χ0v) is 24.3. The van der Waals surface area contributed by atoms with E-state index in [-0.39, 0.29) is 5.82 Å². The van der Waals surface area contributed by atoms with Gasteiger partial charge in [-0.3, -0.25) is 0 Å². The summed E-state index contributed by atoms with van der Waals surface area (Å²) in [6.07, 6.45) is 12.6. The molecule has 1 aliphatic carbocycles. The van der Waals surface area contributed by atoms with E-state index < -0.39 is 0 Å². The van der Waals surface area contributed by atoms with Crippen LogP contribution in [-0.4, -0.2) is 40.7 Å². The van der Waals surface area contributed by atoms with Gasteiger partial charge in [-0.05, 0) is 111 Å². The highest BCUT2D eigenvalue weighted by molar-refractivity contribution is 7.13. The summed E-state index contributed by atoms with van der Waals surface area (Å²) < 4.78 is 15.4. The van der Waals surface area contributed by atoms with Crippen molar-refractivity contribution in [3.8, 4) is 10.4 Å². The van der Waals surface area contributed by atoms with E-state index in [0.717, 1.165) is 56.5 Å². The number of aromatic nitrogens is 3. The molecule has 41 heavy (non-hydrogen) atoms. The molecule has 2 N–H and O–H groups in total. The van der Waals surface area contributed by atoms with Gasteiger partial charge in [-0.25, -0.2) is 14.4 Å². The summed E-state index contributed by atoms with van der Waals surface area (Å²) in [4.78, 5) is 10.4. The van der Waals surface area contributed by atoms with Crippen LogP contribution < -0.4 is 10.6 Å². The fraction of sp³-hybridized carbons (Fsp3) is 0.353. The Kier molecular flexibility index (Phi) is 9.15. The molecule has 7 heteroatoms. The van der Waals surface area contributed by atoms with Crippen LogP contribution in [0.1, 0.15) is 48.4 Å². The number of hydrogen-bond acceptors (Lipinski definition) is 5. The Morgan fingerprint density at radius 1 is 0.927 bits per heavy atom. The standard InChI is InChI=1S/C34H38FN5S/c35-29-10-7-25(8-11-29)13-16-36-14-4-15-37-20-27-9-12-30(18-27)40-22-32(31-21-38-24-39-34(31)40)33-19-28(23-41-33)17-26-5-2-1-3-6-26/h1-3,5-8,10-11,19,21-24,27,30,36-37H,4,9,12-18,20H2. The van der Waals surface area contributed by atoms with Crippen LogP contribution in [0.4, 0.5) is 4.39 Å². The van der Waals surface area contributed by atoms with Gasteiger partial charge < -0.3 is 15.2 Å². The van der Waals surface area contributed by atoms with E-state index in [0.29, 0.717) is 12.0 Å². The summed E-state index contributed by atoms with van der Waals surface area (Å²) >= 11 is 1.82. The molecule has 5 aromatic rings. The number of fused-ring (bicyclic) bond motifs is 1. The van der Waals surface area contributed by atoms with E-state index in [9.17, 15) is 4.39 Å². The highest BCUT2D eigenvalue weighted by Crippen LogP contribution is 2.40. The van der Waals surface area contributed by atoms with Gasteiger partial charge in [0.05, 0.1) is 0 Å². The van der Waals surface area contributed by atoms with Crippen molar-refractivity contribution in [1.29, 1.82) is 0 Å². The van der Waals surface area contributed by atoms with Gasteiger partial charge in [-0.2, -0.15) is 0 Å². The van der Waals surface area contributed by atoms with Crippen molar-refractivity contribution in [2.24, 2.45) is 5.92 Å². The molecule has 0 radical (unpaired) electrons. The van der Waals surface area contributed by atoms with E-state index in [1.165, 1.54) is 58.5 Å². The molecule has 0 aliphatic heterocycles. The lowest BCUT2D eigenvalue weighted by Gasteiger charge is -2.15. The maximum atomic E-state index is 13.0. The number of benzene rings is 2. The third-order valence-electron chi connectivity index (χ3n) is 8.22. The average Bonchev–Trinajstić information content (AvgIpc) is 3.75. The van der Waals surface area contributed by atoms with Crippen molar-refractivity contribution >= 4 is 22.4 Å². The lowest BCUT2D eigenvalue weighted by atomic mass is 10.1. The molecular formula is C34H38FN5S. The molecule has 2 atom stereocenters. The van der Waals surface area contributed by atoms with Crippen molar-refractivity contribution in [3.05, 3.63) is 107 Å². The van der Waals surface area contributed by atoms with Gasteiger partial charge in [0.15, 0.2) is 0 Å². The molecule has 1 aliphatic rings. The predicted octanol–water partition coefficient (Wildman–Crippen LogP) is 7.04. The Bertz CT molecular complexity index is 1530. The number of halogens is 1. The first-order valence-electron chi connectivity index (χ1n) is 14.8. The van der Waals surface area contributed by atoms with Crippen LogP contribution in [0, 0.1) is 11.7 Å². The SMILES string of the molecule is Fc1ccc(CCNCCCNCC2CCC(n3cc(-c4cc(Cc5ccccc5)cs4)c4cncnc43)C2)cc1. The van der Waals surface area contributed by atoms with Crippen LogP contribution in [0.2, 0.25) is 0 Å². The molecule has 3 aromatic heterocycles. The Morgan fingerprint density at radius 2 is 1.78 bits per heavy atom. The van der Waals surface area contributed by atoms with E-state index >= 15 is 0 Å². The van der Waals surface area contributed by atoms with Crippen LogP contribution in [0.5, 0.6) is 0 Å². The second-order valence-electron chi connectivity index (χ2n) is 11.2. The molecule has 0 saturated heterocycles. The molecule has 212 valence electrons. The quantitative estimate of drug-likeness (QED) is 0.150. The monoisotopic (exact) mass is 567 g/mol. The van der Waals surface area contributed by atoms with Crippen LogP contribution >= 0.6 is 11.3 Å². The summed E-state index contributed by atoms with van der Waals surface area (Å²) in [7, 11) is 0.